The van der Waals surface area contributed by atoms with Crippen molar-refractivity contribution in [2.24, 2.45) is 11.8 Å². The average molecular weight is 348 g/mol. The van der Waals surface area contributed by atoms with Gasteiger partial charge in [0, 0.05) is 30.4 Å². The predicted octanol–water partition coefficient (Wildman–Crippen LogP) is 3.49. The summed E-state index contributed by atoms with van der Waals surface area (Å²) in [5.74, 6) is 0.284. The van der Waals surface area contributed by atoms with Gasteiger partial charge in [-0.05, 0) is 48.9 Å². The van der Waals surface area contributed by atoms with Crippen molar-refractivity contribution in [1.29, 1.82) is 0 Å². The van der Waals surface area contributed by atoms with Crippen molar-refractivity contribution in [3.63, 3.8) is 0 Å². The van der Waals surface area contributed by atoms with Gasteiger partial charge in [0.05, 0.1) is 11.3 Å². The highest BCUT2D eigenvalue weighted by Gasteiger charge is 2.35. The Hall–Kier alpha value is -2.95. The first-order valence-corrected chi connectivity index (χ1v) is 8.86. The molecule has 2 heterocycles. The van der Waals surface area contributed by atoms with Crippen LogP contribution in [0.1, 0.15) is 33.6 Å². The molecule has 2 unspecified atom stereocenters. The molecule has 26 heavy (non-hydrogen) atoms. The molecule has 2 aromatic rings. The first-order valence-electron chi connectivity index (χ1n) is 8.86. The van der Waals surface area contributed by atoms with E-state index in [9.17, 15) is 9.59 Å². The third-order valence-corrected chi connectivity index (χ3v) is 5.35. The number of rotatable bonds is 3. The molecule has 1 aliphatic carbocycles. The second kappa shape index (κ2) is 6.75. The molecule has 132 valence electrons. The quantitative estimate of drug-likeness (QED) is 0.862. The number of hydrogen-bond donors (Lipinski definition) is 1. The molecule has 0 spiro atoms. The van der Waals surface area contributed by atoms with Crippen molar-refractivity contribution in [3.8, 4) is 11.3 Å². The van der Waals surface area contributed by atoms with Crippen LogP contribution in [-0.2, 0) is 0 Å². The van der Waals surface area contributed by atoms with Gasteiger partial charge in [0.15, 0.2) is 0 Å². The highest BCUT2D eigenvalue weighted by Crippen LogP contribution is 2.33. The summed E-state index contributed by atoms with van der Waals surface area (Å²) in [5.41, 5.74) is 2.39. The Kier molecular flexibility index (Phi) is 4.29. The fourth-order valence-electron chi connectivity index (χ4n) is 3.84. The first kappa shape index (κ1) is 16.5. The maximum absolute atomic E-state index is 12.8. The molecule has 2 aliphatic rings. The highest BCUT2D eigenvalue weighted by atomic mass is 16.4. The predicted molar refractivity (Wildman–Crippen MR) is 97.9 cm³/mol. The molecular formula is C21H20N2O3. The summed E-state index contributed by atoms with van der Waals surface area (Å²) in [5, 5.41) is 8.94. The number of pyridine rings is 1. The fraction of sp³-hybridized carbons (Fsp3) is 0.286. The summed E-state index contributed by atoms with van der Waals surface area (Å²) in [6, 6.07) is 10.6. The lowest BCUT2D eigenvalue weighted by atomic mass is 9.86. The second-order valence-corrected chi connectivity index (χ2v) is 6.99. The van der Waals surface area contributed by atoms with Gasteiger partial charge in [-0.25, -0.2) is 4.79 Å². The molecule has 5 nitrogen and oxygen atoms in total. The Morgan fingerprint density at radius 1 is 0.923 bits per heavy atom. The second-order valence-electron chi connectivity index (χ2n) is 6.99. The van der Waals surface area contributed by atoms with Gasteiger partial charge in [0.2, 0.25) is 0 Å². The molecule has 5 heteroatoms. The van der Waals surface area contributed by atoms with Crippen LogP contribution in [0.25, 0.3) is 11.3 Å². The van der Waals surface area contributed by atoms with E-state index < -0.39 is 5.97 Å². The molecule has 4 rings (SSSR count). The van der Waals surface area contributed by atoms with E-state index in [2.05, 4.69) is 17.1 Å². The molecule has 0 bridgehead atoms. The molecule has 1 saturated heterocycles. The lowest BCUT2D eigenvalue weighted by Crippen LogP contribution is -2.28. The molecule has 1 N–H and O–H groups in total. The topological polar surface area (TPSA) is 70.5 Å². The third kappa shape index (κ3) is 3.12. The largest absolute Gasteiger partial charge is 0.478 e. The van der Waals surface area contributed by atoms with E-state index in [1.165, 1.54) is 12.3 Å². The maximum atomic E-state index is 12.8. The number of allylic oxidation sites excluding steroid dienone is 2. The zero-order valence-electron chi connectivity index (χ0n) is 14.3. The van der Waals surface area contributed by atoms with E-state index >= 15 is 0 Å². The number of carbonyl (C=O) groups is 2. The van der Waals surface area contributed by atoms with E-state index in [0.29, 0.717) is 23.1 Å². The number of carboxylic acids is 1. The van der Waals surface area contributed by atoms with Crippen LogP contribution in [-0.4, -0.2) is 40.0 Å². The summed E-state index contributed by atoms with van der Waals surface area (Å²) < 4.78 is 0. The zero-order chi connectivity index (χ0) is 18.1. The number of aromatic carboxylic acids is 1. The number of nitrogens with zero attached hydrogens (tertiary/aromatic N) is 2. The highest BCUT2D eigenvalue weighted by molar-refractivity contribution is 5.95. The first-order chi connectivity index (χ1) is 12.6. The number of likely N-dealkylation sites (tertiary alicyclic amines) is 1. The van der Waals surface area contributed by atoms with Crippen LogP contribution in [0.15, 0.2) is 54.7 Å². The lowest BCUT2D eigenvalue weighted by Gasteiger charge is -2.17. The number of carboxylic acid groups (broad SMARTS) is 1. The molecule has 1 aliphatic heterocycles. The van der Waals surface area contributed by atoms with E-state index in [0.717, 1.165) is 31.5 Å². The van der Waals surface area contributed by atoms with Gasteiger partial charge in [0.1, 0.15) is 0 Å². The molecule has 2 atom stereocenters. The van der Waals surface area contributed by atoms with Crippen LogP contribution >= 0.6 is 0 Å². The molecule has 0 radical (unpaired) electrons. The Morgan fingerprint density at radius 2 is 1.54 bits per heavy atom. The van der Waals surface area contributed by atoms with Gasteiger partial charge in [-0.1, -0.05) is 24.3 Å². The molecule has 1 aromatic heterocycles. The van der Waals surface area contributed by atoms with Crippen LogP contribution in [0, 0.1) is 11.8 Å². The van der Waals surface area contributed by atoms with E-state index in [4.69, 9.17) is 5.11 Å². The maximum Gasteiger partial charge on any atom is 0.337 e. The number of hydrogen-bond acceptors (Lipinski definition) is 3. The van der Waals surface area contributed by atoms with Gasteiger partial charge >= 0.3 is 5.97 Å². The minimum absolute atomic E-state index is 0.0835. The normalized spacial score (nSPS) is 21.5. The fourth-order valence-corrected chi connectivity index (χ4v) is 3.84. The van der Waals surface area contributed by atoms with Gasteiger partial charge < -0.3 is 10.0 Å². The van der Waals surface area contributed by atoms with Crippen molar-refractivity contribution in [2.45, 2.75) is 12.8 Å². The van der Waals surface area contributed by atoms with E-state index in [1.54, 1.807) is 6.07 Å². The molecule has 0 saturated carbocycles. The minimum atomic E-state index is -0.994. The average Bonchev–Trinajstić information content (AvgIpc) is 3.12. The standard InChI is InChI=1S/C21H20N2O3/c24-20(23-12-17-3-1-2-4-18(17)13-23)15-7-5-14(6-8-15)19-10-9-16(11-22-19)21(25)26/h1-2,5-11,17-18H,3-4,12-13H2,(H,25,26). The Bertz CT molecular complexity index is 840. The minimum Gasteiger partial charge on any atom is -0.478 e. The van der Waals surface area contributed by atoms with Gasteiger partial charge in [-0.2, -0.15) is 0 Å². The van der Waals surface area contributed by atoms with Crippen LogP contribution in [0.3, 0.4) is 0 Å². The Labute approximate surface area is 152 Å². The number of benzene rings is 1. The number of carbonyl (C=O) groups excluding carboxylic acids is 1. The van der Waals surface area contributed by atoms with Crippen molar-refractivity contribution in [1.82, 2.24) is 9.88 Å². The number of amides is 1. The van der Waals surface area contributed by atoms with Crippen LogP contribution in [0.2, 0.25) is 0 Å². The van der Waals surface area contributed by atoms with Crippen LogP contribution in [0.5, 0.6) is 0 Å². The molecule has 1 aromatic carbocycles. The molecule has 1 fully saturated rings. The van der Waals surface area contributed by atoms with Crippen molar-refractivity contribution < 1.29 is 14.7 Å². The smallest absolute Gasteiger partial charge is 0.337 e. The summed E-state index contributed by atoms with van der Waals surface area (Å²) in [6.45, 7) is 1.68. The lowest BCUT2D eigenvalue weighted by molar-refractivity contribution is 0.0695. The number of aromatic nitrogens is 1. The Balaban J connectivity index is 1.47. The van der Waals surface area contributed by atoms with Crippen molar-refractivity contribution in [2.75, 3.05) is 13.1 Å². The van der Waals surface area contributed by atoms with E-state index in [-0.39, 0.29) is 11.5 Å². The molecule has 1 amide bonds. The van der Waals surface area contributed by atoms with Gasteiger partial charge in [-0.3, -0.25) is 9.78 Å². The number of fused-ring (bicyclic) bond motifs is 1. The van der Waals surface area contributed by atoms with Gasteiger partial charge in [0.25, 0.3) is 5.91 Å². The summed E-state index contributed by atoms with van der Waals surface area (Å²) in [7, 11) is 0. The van der Waals surface area contributed by atoms with Crippen molar-refractivity contribution >= 4 is 11.9 Å². The third-order valence-electron chi connectivity index (χ3n) is 5.35. The van der Waals surface area contributed by atoms with Crippen molar-refractivity contribution in [3.05, 3.63) is 65.9 Å². The molecular weight excluding hydrogens is 328 g/mol. The summed E-state index contributed by atoms with van der Waals surface area (Å²) in [4.78, 5) is 29.8. The van der Waals surface area contributed by atoms with Gasteiger partial charge in [-0.15, -0.1) is 0 Å². The van der Waals surface area contributed by atoms with Crippen LogP contribution in [0.4, 0.5) is 0 Å². The monoisotopic (exact) mass is 348 g/mol. The van der Waals surface area contributed by atoms with Crippen LogP contribution < -0.4 is 0 Å². The summed E-state index contributed by atoms with van der Waals surface area (Å²) >= 11 is 0. The van der Waals surface area contributed by atoms with E-state index in [1.807, 2.05) is 29.2 Å². The SMILES string of the molecule is O=C(O)c1ccc(-c2ccc(C(=O)N3CC4CC=CCC4C3)cc2)nc1. The Morgan fingerprint density at radius 3 is 2.08 bits per heavy atom. The zero-order valence-corrected chi connectivity index (χ0v) is 14.3. The summed E-state index contributed by atoms with van der Waals surface area (Å²) in [6.07, 6.45) is 7.95.